The fourth-order valence-electron chi connectivity index (χ4n) is 3.15. The van der Waals surface area contributed by atoms with Crippen LogP contribution in [0.3, 0.4) is 0 Å². The van der Waals surface area contributed by atoms with Gasteiger partial charge in [0.1, 0.15) is 24.7 Å². The van der Waals surface area contributed by atoms with Crippen LogP contribution in [0.1, 0.15) is 16.7 Å². The highest BCUT2D eigenvalue weighted by Gasteiger charge is 2.28. The Hall–Kier alpha value is -1.95. The van der Waals surface area contributed by atoms with Gasteiger partial charge in [-0.25, -0.2) is 0 Å². The maximum atomic E-state index is 12.5. The molecule has 0 saturated heterocycles. The van der Waals surface area contributed by atoms with Crippen molar-refractivity contribution < 1.29 is 23.7 Å². The molecule has 0 unspecified atom stereocenters. The minimum absolute atomic E-state index is 0.0840. The summed E-state index contributed by atoms with van der Waals surface area (Å²) in [6.45, 7) is 0.959. The Morgan fingerprint density at radius 1 is 1.12 bits per heavy atom. The molecule has 0 spiro atoms. The molecule has 2 aromatic rings. The molecule has 0 saturated carbocycles. The topological polar surface area (TPSA) is 54.0 Å². The van der Waals surface area contributed by atoms with Crippen molar-refractivity contribution in [3.8, 4) is 11.5 Å². The molecule has 0 N–H and O–H groups in total. The van der Waals surface area contributed by atoms with Crippen molar-refractivity contribution in [2.45, 2.75) is 19.6 Å². The summed E-state index contributed by atoms with van der Waals surface area (Å²) in [5.41, 5.74) is 2.48. The largest absolute Gasteiger partial charge is 0.492 e. The zero-order chi connectivity index (χ0) is 18.1. The lowest BCUT2D eigenvalue weighted by atomic mass is 9.97. The molecule has 5 nitrogen and oxygen atoms in total. The number of carbonyl (C=O) groups is 1. The zero-order valence-electron chi connectivity index (χ0n) is 13.8. The molecule has 0 amide bonds. The summed E-state index contributed by atoms with van der Waals surface area (Å²) >= 11 is 12.2. The van der Waals surface area contributed by atoms with Crippen molar-refractivity contribution in [3.05, 3.63) is 57.1 Å². The van der Waals surface area contributed by atoms with E-state index >= 15 is 0 Å². The molecular formula is C19H16Cl2O5. The number of benzene rings is 2. The van der Waals surface area contributed by atoms with Gasteiger partial charge < -0.3 is 18.9 Å². The molecule has 0 bridgehead atoms. The molecule has 2 aromatic carbocycles. The second-order valence-electron chi connectivity index (χ2n) is 6.24. The Morgan fingerprint density at radius 2 is 1.96 bits per heavy atom. The third-order valence-corrected chi connectivity index (χ3v) is 4.84. The minimum Gasteiger partial charge on any atom is -0.492 e. The van der Waals surface area contributed by atoms with E-state index in [0.717, 1.165) is 22.4 Å². The lowest BCUT2D eigenvalue weighted by Gasteiger charge is -2.25. The number of ether oxygens (including phenoxy) is 4. The second kappa shape index (κ2) is 7.35. The van der Waals surface area contributed by atoms with Gasteiger partial charge in [0, 0.05) is 21.2 Å². The fourth-order valence-corrected chi connectivity index (χ4v) is 3.60. The van der Waals surface area contributed by atoms with Gasteiger partial charge in [0.25, 0.3) is 0 Å². The summed E-state index contributed by atoms with van der Waals surface area (Å²) in [5, 5.41) is 1.17. The monoisotopic (exact) mass is 394 g/mol. The summed E-state index contributed by atoms with van der Waals surface area (Å²) in [7, 11) is 0. The van der Waals surface area contributed by atoms with Crippen LogP contribution < -0.4 is 9.47 Å². The number of esters is 1. The molecule has 136 valence electrons. The minimum atomic E-state index is -0.375. The number of hydrogen-bond donors (Lipinski definition) is 0. The van der Waals surface area contributed by atoms with Crippen molar-refractivity contribution in [1.82, 2.24) is 0 Å². The summed E-state index contributed by atoms with van der Waals surface area (Å²) in [5.74, 6) is 0.734. The van der Waals surface area contributed by atoms with Crippen LogP contribution >= 0.6 is 23.2 Å². The number of carbonyl (C=O) groups excluding carboxylic acids is 1. The van der Waals surface area contributed by atoms with Crippen LogP contribution in [0.2, 0.25) is 10.0 Å². The molecular weight excluding hydrogens is 379 g/mol. The first-order valence-corrected chi connectivity index (χ1v) is 8.95. The molecule has 0 radical (unpaired) electrons. The van der Waals surface area contributed by atoms with Crippen molar-refractivity contribution in [2.75, 3.05) is 13.4 Å². The van der Waals surface area contributed by atoms with Gasteiger partial charge in [-0.15, -0.1) is 0 Å². The maximum Gasteiger partial charge on any atom is 0.313 e. The molecule has 2 heterocycles. The molecule has 26 heavy (non-hydrogen) atoms. The normalized spacial score (nSPS) is 18.2. The Bertz CT molecular complexity index is 852. The lowest BCUT2D eigenvalue weighted by Crippen LogP contribution is -2.29. The summed E-state index contributed by atoms with van der Waals surface area (Å²) in [6.07, 6.45) is 0.534. The van der Waals surface area contributed by atoms with E-state index in [9.17, 15) is 4.79 Å². The van der Waals surface area contributed by atoms with E-state index in [2.05, 4.69) is 0 Å². The van der Waals surface area contributed by atoms with E-state index in [4.69, 9.17) is 42.1 Å². The molecule has 7 heteroatoms. The first kappa shape index (κ1) is 17.5. The van der Waals surface area contributed by atoms with Crippen molar-refractivity contribution >= 4 is 29.2 Å². The van der Waals surface area contributed by atoms with Gasteiger partial charge in [0.05, 0.1) is 12.5 Å². The van der Waals surface area contributed by atoms with Gasteiger partial charge in [-0.2, -0.15) is 0 Å². The number of hydrogen-bond acceptors (Lipinski definition) is 5. The zero-order valence-corrected chi connectivity index (χ0v) is 15.3. The van der Waals surface area contributed by atoms with Crippen LogP contribution in [0.15, 0.2) is 30.3 Å². The van der Waals surface area contributed by atoms with Crippen LogP contribution in [0.25, 0.3) is 0 Å². The third-order valence-electron chi connectivity index (χ3n) is 4.38. The second-order valence-corrected chi connectivity index (χ2v) is 7.11. The standard InChI is InChI=1S/C19H16Cl2O5/c20-15-1-2-17-11(4-15)3-14(9-24-17)19(22)25-8-13-6-16(21)5-12-7-23-10-26-18(12)13/h1-2,4-6,14H,3,7-10H2/t14-/m1/s1. The van der Waals surface area contributed by atoms with E-state index in [-0.39, 0.29) is 31.9 Å². The van der Waals surface area contributed by atoms with Crippen molar-refractivity contribution in [1.29, 1.82) is 0 Å². The third kappa shape index (κ3) is 3.61. The number of halogens is 2. The summed E-state index contributed by atoms with van der Waals surface area (Å²) in [4.78, 5) is 12.5. The first-order chi connectivity index (χ1) is 12.6. The number of fused-ring (bicyclic) bond motifs is 2. The Morgan fingerprint density at radius 3 is 2.85 bits per heavy atom. The van der Waals surface area contributed by atoms with Crippen LogP contribution in [-0.4, -0.2) is 19.4 Å². The van der Waals surface area contributed by atoms with Crippen molar-refractivity contribution in [2.24, 2.45) is 5.92 Å². The van der Waals surface area contributed by atoms with Crippen LogP contribution in [-0.2, 0) is 33.9 Å². The van der Waals surface area contributed by atoms with Gasteiger partial charge in [0.2, 0.25) is 0 Å². The van der Waals surface area contributed by atoms with Gasteiger partial charge in [-0.3, -0.25) is 4.79 Å². The highest BCUT2D eigenvalue weighted by molar-refractivity contribution is 6.31. The van der Waals surface area contributed by atoms with Gasteiger partial charge in [0.15, 0.2) is 6.79 Å². The molecule has 2 aliphatic rings. The maximum absolute atomic E-state index is 12.5. The van der Waals surface area contributed by atoms with Gasteiger partial charge >= 0.3 is 5.97 Å². The first-order valence-electron chi connectivity index (χ1n) is 8.20. The average Bonchev–Trinajstić information content (AvgIpc) is 2.65. The predicted octanol–water partition coefficient (Wildman–Crippen LogP) is 4.15. The van der Waals surface area contributed by atoms with E-state index in [1.165, 1.54) is 0 Å². The lowest BCUT2D eigenvalue weighted by molar-refractivity contribution is -0.151. The van der Waals surface area contributed by atoms with E-state index in [1.54, 1.807) is 18.2 Å². The fraction of sp³-hybridized carbons (Fsp3) is 0.316. The Labute approximate surface area is 160 Å². The molecule has 0 aliphatic carbocycles. The highest BCUT2D eigenvalue weighted by atomic mass is 35.5. The Balaban J connectivity index is 1.44. The number of rotatable bonds is 3. The quantitative estimate of drug-likeness (QED) is 0.731. The molecule has 0 aromatic heterocycles. The predicted molar refractivity (Wildman–Crippen MR) is 95.7 cm³/mol. The molecule has 1 atom stereocenters. The van der Waals surface area contributed by atoms with Crippen LogP contribution in [0.4, 0.5) is 0 Å². The summed E-state index contributed by atoms with van der Waals surface area (Å²) < 4.78 is 21.9. The SMILES string of the molecule is O=C(OCc1cc(Cl)cc2c1OCOC2)[C@H]1COc2ccc(Cl)cc2C1. The van der Waals surface area contributed by atoms with E-state index in [1.807, 2.05) is 12.1 Å². The molecule has 2 aliphatic heterocycles. The Kier molecular flexibility index (Phi) is 4.94. The van der Waals surface area contributed by atoms with Gasteiger partial charge in [-0.1, -0.05) is 23.2 Å². The van der Waals surface area contributed by atoms with Crippen LogP contribution in [0.5, 0.6) is 11.5 Å². The highest BCUT2D eigenvalue weighted by Crippen LogP contribution is 2.33. The van der Waals surface area contributed by atoms with E-state index < -0.39 is 0 Å². The van der Waals surface area contributed by atoms with Gasteiger partial charge in [-0.05, 0) is 42.3 Å². The molecule has 0 fully saturated rings. The van der Waals surface area contributed by atoms with Crippen molar-refractivity contribution in [3.63, 3.8) is 0 Å². The summed E-state index contributed by atoms with van der Waals surface area (Å²) in [6, 6.07) is 8.93. The average molecular weight is 395 g/mol. The smallest absolute Gasteiger partial charge is 0.313 e. The van der Waals surface area contributed by atoms with Crippen LogP contribution in [0, 0.1) is 5.92 Å². The van der Waals surface area contributed by atoms with E-state index in [0.29, 0.717) is 28.8 Å². The molecule has 4 rings (SSSR count).